The van der Waals surface area contributed by atoms with Crippen LogP contribution in [0.15, 0.2) is 67.0 Å². The average molecular weight is 334 g/mol. The maximum atomic E-state index is 13.3. The Labute approximate surface area is 146 Å². The van der Waals surface area contributed by atoms with E-state index in [-0.39, 0.29) is 17.9 Å². The van der Waals surface area contributed by atoms with Gasteiger partial charge in [0.15, 0.2) is 0 Å². The van der Waals surface area contributed by atoms with Crippen molar-refractivity contribution in [3.8, 4) is 5.75 Å². The highest BCUT2D eigenvalue weighted by Crippen LogP contribution is 2.37. The van der Waals surface area contributed by atoms with Crippen molar-refractivity contribution in [1.29, 1.82) is 0 Å². The van der Waals surface area contributed by atoms with Crippen molar-refractivity contribution < 1.29 is 9.13 Å². The highest BCUT2D eigenvalue weighted by molar-refractivity contribution is 5.45. The van der Waals surface area contributed by atoms with Crippen molar-refractivity contribution in [3.05, 3.63) is 95.1 Å². The fourth-order valence-corrected chi connectivity index (χ4v) is 3.46. The number of pyridine rings is 1. The molecule has 25 heavy (non-hydrogen) atoms. The molecule has 1 aliphatic heterocycles. The summed E-state index contributed by atoms with van der Waals surface area (Å²) in [6, 6.07) is 17.0. The van der Waals surface area contributed by atoms with E-state index in [9.17, 15) is 4.39 Å². The Morgan fingerprint density at radius 3 is 2.64 bits per heavy atom. The summed E-state index contributed by atoms with van der Waals surface area (Å²) in [5.41, 5.74) is 4.62. The monoisotopic (exact) mass is 334 g/mol. The molecule has 0 saturated carbocycles. The van der Waals surface area contributed by atoms with Crippen molar-refractivity contribution >= 4 is 0 Å². The van der Waals surface area contributed by atoms with Gasteiger partial charge in [0, 0.05) is 18.4 Å². The zero-order chi connectivity index (χ0) is 17.2. The number of rotatable bonds is 3. The summed E-state index contributed by atoms with van der Waals surface area (Å²) >= 11 is 0. The van der Waals surface area contributed by atoms with Gasteiger partial charge in [-0.15, -0.1) is 0 Å². The number of methoxy groups -OCH3 is 1. The number of hydrogen-bond acceptors (Lipinski definition) is 3. The van der Waals surface area contributed by atoms with Crippen molar-refractivity contribution in [2.45, 2.75) is 18.5 Å². The number of nitrogens with zero attached hydrogens (tertiary/aromatic N) is 1. The standard InChI is InChI=1S/C21H19FN2O/c1-25-18-8-9-19-16(11-18)12-20(15-3-2-10-23-13-15)24-21(19)14-4-6-17(22)7-5-14/h2-11,13,20-21,24H,12H2,1H3/t20-,21-/m0/s1. The van der Waals surface area contributed by atoms with Crippen molar-refractivity contribution in [1.82, 2.24) is 10.3 Å². The summed E-state index contributed by atoms with van der Waals surface area (Å²) in [4.78, 5) is 4.24. The number of nitrogens with one attached hydrogen (secondary N) is 1. The van der Waals surface area contributed by atoms with E-state index in [4.69, 9.17) is 4.74 Å². The second-order valence-electron chi connectivity index (χ2n) is 6.26. The summed E-state index contributed by atoms with van der Waals surface area (Å²) in [6.07, 6.45) is 4.53. The van der Waals surface area contributed by atoms with Crippen LogP contribution in [0.25, 0.3) is 0 Å². The molecule has 2 aromatic carbocycles. The first kappa shape index (κ1) is 15.8. The Balaban J connectivity index is 1.78. The van der Waals surface area contributed by atoms with Gasteiger partial charge in [0.25, 0.3) is 0 Å². The van der Waals surface area contributed by atoms with Crippen LogP contribution in [0.4, 0.5) is 4.39 Å². The van der Waals surface area contributed by atoms with Crippen LogP contribution in [0.1, 0.15) is 34.3 Å². The van der Waals surface area contributed by atoms with E-state index < -0.39 is 0 Å². The molecule has 2 heterocycles. The molecule has 1 N–H and O–H groups in total. The molecule has 4 rings (SSSR count). The molecule has 0 amide bonds. The van der Waals surface area contributed by atoms with Gasteiger partial charge in [-0.2, -0.15) is 0 Å². The van der Waals surface area contributed by atoms with Crippen LogP contribution in [0.5, 0.6) is 5.75 Å². The van der Waals surface area contributed by atoms with Gasteiger partial charge in [-0.3, -0.25) is 10.3 Å². The largest absolute Gasteiger partial charge is 0.497 e. The van der Waals surface area contributed by atoms with Crippen molar-refractivity contribution in [3.63, 3.8) is 0 Å². The highest BCUT2D eigenvalue weighted by atomic mass is 19.1. The smallest absolute Gasteiger partial charge is 0.123 e. The number of benzene rings is 2. The molecule has 0 aliphatic carbocycles. The Kier molecular flexibility index (Phi) is 4.20. The molecular weight excluding hydrogens is 315 g/mol. The Bertz CT molecular complexity index is 865. The molecule has 0 spiro atoms. The lowest BCUT2D eigenvalue weighted by atomic mass is 9.85. The van der Waals surface area contributed by atoms with Crippen LogP contribution in [-0.2, 0) is 6.42 Å². The number of fused-ring (bicyclic) bond motifs is 1. The first-order valence-corrected chi connectivity index (χ1v) is 8.33. The van der Waals surface area contributed by atoms with Gasteiger partial charge in [0.2, 0.25) is 0 Å². The number of halogens is 1. The molecule has 3 aromatic rings. The minimum absolute atomic E-state index is 0.000428. The highest BCUT2D eigenvalue weighted by Gasteiger charge is 2.28. The third-order valence-corrected chi connectivity index (χ3v) is 4.74. The molecule has 0 bridgehead atoms. The van der Waals surface area contributed by atoms with E-state index in [2.05, 4.69) is 28.5 Å². The summed E-state index contributed by atoms with van der Waals surface area (Å²) in [5, 5.41) is 3.70. The lowest BCUT2D eigenvalue weighted by Gasteiger charge is -2.34. The van der Waals surface area contributed by atoms with E-state index in [1.165, 1.54) is 23.3 Å². The SMILES string of the molecule is COc1ccc2c(c1)C[C@@H](c1cccnc1)N[C@H]2c1ccc(F)cc1. The fourth-order valence-electron chi connectivity index (χ4n) is 3.46. The maximum absolute atomic E-state index is 13.3. The second kappa shape index (κ2) is 6.65. The van der Waals surface area contributed by atoms with Crippen molar-refractivity contribution in [2.24, 2.45) is 0 Å². The van der Waals surface area contributed by atoms with Crippen LogP contribution in [0, 0.1) is 5.82 Å². The summed E-state index contributed by atoms with van der Waals surface area (Å²) < 4.78 is 18.7. The fraction of sp³-hybridized carbons (Fsp3) is 0.190. The average Bonchev–Trinajstić information content (AvgIpc) is 2.68. The maximum Gasteiger partial charge on any atom is 0.123 e. The Morgan fingerprint density at radius 1 is 1.08 bits per heavy atom. The van der Waals surface area contributed by atoms with Gasteiger partial charge in [-0.05, 0) is 59.0 Å². The quantitative estimate of drug-likeness (QED) is 0.779. The number of hydrogen-bond donors (Lipinski definition) is 1. The summed E-state index contributed by atoms with van der Waals surface area (Å²) in [5.74, 6) is 0.627. The zero-order valence-corrected chi connectivity index (χ0v) is 13.9. The van der Waals surface area contributed by atoms with E-state index in [1.807, 2.05) is 30.5 Å². The predicted octanol–water partition coefficient (Wildman–Crippen LogP) is 4.21. The summed E-state index contributed by atoms with van der Waals surface area (Å²) in [7, 11) is 1.68. The topological polar surface area (TPSA) is 34.1 Å². The minimum Gasteiger partial charge on any atom is -0.497 e. The van der Waals surface area contributed by atoms with Gasteiger partial charge in [-0.25, -0.2) is 4.39 Å². The molecule has 0 saturated heterocycles. The molecule has 1 aliphatic rings. The molecule has 2 atom stereocenters. The van der Waals surface area contributed by atoms with Crippen LogP contribution in [-0.4, -0.2) is 12.1 Å². The Morgan fingerprint density at radius 2 is 1.92 bits per heavy atom. The van der Waals surface area contributed by atoms with E-state index in [1.54, 1.807) is 13.3 Å². The number of aromatic nitrogens is 1. The zero-order valence-electron chi connectivity index (χ0n) is 13.9. The molecular formula is C21H19FN2O. The van der Waals surface area contributed by atoms with Crippen LogP contribution in [0.3, 0.4) is 0 Å². The van der Waals surface area contributed by atoms with Crippen LogP contribution >= 0.6 is 0 Å². The summed E-state index contributed by atoms with van der Waals surface area (Å²) in [6.45, 7) is 0. The van der Waals surface area contributed by atoms with E-state index in [0.717, 1.165) is 23.3 Å². The molecule has 126 valence electrons. The lowest BCUT2D eigenvalue weighted by molar-refractivity contribution is 0.409. The molecule has 0 fully saturated rings. The van der Waals surface area contributed by atoms with Gasteiger partial charge in [0.05, 0.1) is 13.2 Å². The molecule has 4 heteroatoms. The first-order valence-electron chi connectivity index (χ1n) is 8.33. The predicted molar refractivity (Wildman–Crippen MR) is 95.1 cm³/mol. The third kappa shape index (κ3) is 3.13. The van der Waals surface area contributed by atoms with E-state index in [0.29, 0.717) is 0 Å². The minimum atomic E-state index is -0.224. The Hall–Kier alpha value is -2.72. The van der Waals surface area contributed by atoms with Gasteiger partial charge < -0.3 is 4.74 Å². The van der Waals surface area contributed by atoms with Crippen molar-refractivity contribution in [2.75, 3.05) is 7.11 Å². The van der Waals surface area contributed by atoms with E-state index >= 15 is 0 Å². The lowest BCUT2D eigenvalue weighted by Crippen LogP contribution is -2.34. The first-order chi connectivity index (χ1) is 12.2. The normalized spacial score (nSPS) is 19.3. The molecule has 0 radical (unpaired) electrons. The molecule has 3 nitrogen and oxygen atoms in total. The van der Waals surface area contributed by atoms with Gasteiger partial charge in [-0.1, -0.05) is 24.3 Å². The van der Waals surface area contributed by atoms with Gasteiger partial charge in [0.1, 0.15) is 11.6 Å². The molecule has 0 unspecified atom stereocenters. The molecule has 1 aromatic heterocycles. The van der Waals surface area contributed by atoms with Crippen LogP contribution in [0.2, 0.25) is 0 Å². The second-order valence-corrected chi connectivity index (χ2v) is 6.26. The third-order valence-electron chi connectivity index (χ3n) is 4.74. The number of ether oxygens (including phenoxy) is 1. The van der Waals surface area contributed by atoms with Crippen LogP contribution < -0.4 is 10.1 Å². The van der Waals surface area contributed by atoms with Gasteiger partial charge >= 0.3 is 0 Å².